The number of pyridine rings is 1. The maximum atomic E-state index is 12.4. The van der Waals surface area contributed by atoms with Crippen molar-refractivity contribution in [2.45, 2.75) is 24.0 Å². The Morgan fingerprint density at radius 2 is 2.14 bits per heavy atom. The number of rotatable bonds is 8. The number of carbonyl (C=O) groups is 2. The second-order valence-electron chi connectivity index (χ2n) is 8.14. The van der Waals surface area contributed by atoms with Crippen molar-refractivity contribution in [3.8, 4) is 5.88 Å². The molecule has 182 valence electrons. The Morgan fingerprint density at radius 1 is 1.26 bits per heavy atom. The molecule has 11 nitrogen and oxygen atoms in total. The van der Waals surface area contributed by atoms with Crippen LogP contribution in [0.25, 0.3) is 11.2 Å². The number of nitrogens with zero attached hydrogens (tertiary/aromatic N) is 4. The highest BCUT2D eigenvalue weighted by molar-refractivity contribution is 8.00. The number of hydrogen-bond donors (Lipinski definition) is 2. The van der Waals surface area contributed by atoms with Crippen molar-refractivity contribution >= 4 is 46.3 Å². The molecule has 12 heteroatoms. The van der Waals surface area contributed by atoms with Crippen LogP contribution in [0.3, 0.4) is 0 Å². The van der Waals surface area contributed by atoms with Crippen LogP contribution in [-0.2, 0) is 16.1 Å². The van der Waals surface area contributed by atoms with Gasteiger partial charge in [0.1, 0.15) is 11.6 Å². The van der Waals surface area contributed by atoms with Gasteiger partial charge in [-0.15, -0.1) is 11.8 Å². The zero-order valence-corrected chi connectivity index (χ0v) is 19.8. The molecule has 4 heterocycles. The number of fused-ring (bicyclic) bond motifs is 2. The predicted molar refractivity (Wildman–Crippen MR) is 131 cm³/mol. The number of ether oxygens (including phenoxy) is 2. The standard InChI is InChI=1S/C23H24N6O5S/c1-33-20-6-4-16-22(27-20)28(21(31)11-25-16)8-2-7-24-10-15-12-29(23(32)34-15)14-3-5-18-17(9-14)26-19(30)13-35-18/h3-6,9,11,15,24H,2,7-8,10,12-13H2,1H3,(H,26,30). The number of nitrogens with one attached hydrogen (secondary N) is 2. The highest BCUT2D eigenvalue weighted by Gasteiger charge is 2.32. The molecule has 0 radical (unpaired) electrons. The molecular weight excluding hydrogens is 472 g/mol. The van der Waals surface area contributed by atoms with E-state index in [0.29, 0.717) is 66.8 Å². The van der Waals surface area contributed by atoms with Crippen LogP contribution in [0.5, 0.6) is 5.88 Å². The Hall–Kier alpha value is -3.64. The van der Waals surface area contributed by atoms with Crippen LogP contribution in [0.2, 0.25) is 0 Å². The second kappa shape index (κ2) is 9.92. The number of carbonyl (C=O) groups excluding carboxylic acids is 2. The molecule has 2 aliphatic rings. The molecule has 1 unspecified atom stereocenters. The van der Waals surface area contributed by atoms with E-state index in [1.54, 1.807) is 27.7 Å². The fourth-order valence-electron chi connectivity index (χ4n) is 4.05. The molecule has 1 fully saturated rings. The summed E-state index contributed by atoms with van der Waals surface area (Å²) in [6, 6.07) is 9.04. The molecular formula is C23H24N6O5S. The monoisotopic (exact) mass is 496 g/mol. The van der Waals surface area contributed by atoms with Gasteiger partial charge in [-0.25, -0.2) is 9.78 Å². The van der Waals surface area contributed by atoms with Gasteiger partial charge >= 0.3 is 6.09 Å². The van der Waals surface area contributed by atoms with Gasteiger partial charge in [0.25, 0.3) is 5.56 Å². The molecule has 2 N–H and O–H groups in total. The number of cyclic esters (lactones) is 1. The van der Waals surface area contributed by atoms with E-state index in [4.69, 9.17) is 9.47 Å². The fourth-order valence-corrected chi connectivity index (χ4v) is 4.84. The largest absolute Gasteiger partial charge is 0.481 e. The second-order valence-corrected chi connectivity index (χ2v) is 9.15. The van der Waals surface area contributed by atoms with Gasteiger partial charge in [-0.05, 0) is 37.2 Å². The summed E-state index contributed by atoms with van der Waals surface area (Å²) in [4.78, 5) is 47.5. The summed E-state index contributed by atoms with van der Waals surface area (Å²) in [5, 5.41) is 6.14. The number of benzene rings is 1. The van der Waals surface area contributed by atoms with Gasteiger partial charge in [-0.2, -0.15) is 4.98 Å². The molecule has 0 spiro atoms. The number of thioether (sulfide) groups is 1. The summed E-state index contributed by atoms with van der Waals surface area (Å²) in [5.41, 5.74) is 2.28. The van der Waals surface area contributed by atoms with Gasteiger partial charge in [0.15, 0.2) is 5.65 Å². The minimum absolute atomic E-state index is 0.0531. The van der Waals surface area contributed by atoms with Crippen molar-refractivity contribution in [3.63, 3.8) is 0 Å². The number of aryl methyl sites for hydroxylation is 1. The molecule has 35 heavy (non-hydrogen) atoms. The van der Waals surface area contributed by atoms with E-state index >= 15 is 0 Å². The summed E-state index contributed by atoms with van der Waals surface area (Å²) in [6.45, 7) is 1.97. The number of anilines is 2. The molecule has 2 amide bonds. The first-order chi connectivity index (χ1) is 17.0. The predicted octanol–water partition coefficient (Wildman–Crippen LogP) is 1.85. The smallest absolute Gasteiger partial charge is 0.414 e. The first-order valence-electron chi connectivity index (χ1n) is 11.2. The summed E-state index contributed by atoms with van der Waals surface area (Å²) in [6.07, 6.45) is 1.24. The SMILES string of the molecule is COc1ccc2ncc(=O)n(CCCNCC3CN(c4ccc5c(c4)NC(=O)CS5)C(=O)O3)c2n1. The van der Waals surface area contributed by atoms with Crippen LogP contribution in [0.4, 0.5) is 16.2 Å². The number of methoxy groups -OCH3 is 1. The summed E-state index contributed by atoms with van der Waals surface area (Å²) in [7, 11) is 1.52. The third-order valence-corrected chi connectivity index (χ3v) is 6.84. The Kier molecular flexibility index (Phi) is 6.55. The quantitative estimate of drug-likeness (QED) is 0.449. The van der Waals surface area contributed by atoms with Gasteiger partial charge in [0.05, 0.1) is 31.3 Å². The van der Waals surface area contributed by atoms with Gasteiger partial charge in [-0.1, -0.05) is 0 Å². The third-order valence-electron chi connectivity index (χ3n) is 5.76. The molecule has 2 aliphatic heterocycles. The van der Waals surface area contributed by atoms with Crippen LogP contribution >= 0.6 is 11.8 Å². The Labute approximate surface area is 204 Å². The van der Waals surface area contributed by atoms with Gasteiger partial charge < -0.3 is 20.1 Å². The number of aromatic nitrogens is 3. The van der Waals surface area contributed by atoms with E-state index in [-0.39, 0.29) is 17.6 Å². The van der Waals surface area contributed by atoms with E-state index in [1.165, 1.54) is 25.1 Å². The maximum Gasteiger partial charge on any atom is 0.414 e. The lowest BCUT2D eigenvalue weighted by Gasteiger charge is -2.20. The summed E-state index contributed by atoms with van der Waals surface area (Å²) >= 11 is 1.47. The molecule has 5 rings (SSSR count). The van der Waals surface area contributed by atoms with Gasteiger partial charge in [-0.3, -0.25) is 19.1 Å². The lowest BCUT2D eigenvalue weighted by Crippen LogP contribution is -2.32. The zero-order chi connectivity index (χ0) is 24.4. The Bertz CT molecular complexity index is 1350. The van der Waals surface area contributed by atoms with E-state index in [1.807, 2.05) is 12.1 Å². The van der Waals surface area contributed by atoms with Crippen LogP contribution in [0.1, 0.15) is 6.42 Å². The fraction of sp³-hybridized carbons (Fsp3) is 0.348. The van der Waals surface area contributed by atoms with Gasteiger partial charge in [0.2, 0.25) is 11.8 Å². The minimum atomic E-state index is -0.415. The first kappa shape index (κ1) is 23.1. The van der Waals surface area contributed by atoms with Gasteiger partial charge in [0, 0.05) is 29.7 Å². The van der Waals surface area contributed by atoms with Crippen molar-refractivity contribution in [2.24, 2.45) is 0 Å². The number of amides is 2. The van der Waals surface area contributed by atoms with Crippen molar-refractivity contribution in [3.05, 3.63) is 46.9 Å². The Morgan fingerprint density at radius 3 is 3.00 bits per heavy atom. The number of hydrogen-bond acceptors (Lipinski definition) is 9. The van der Waals surface area contributed by atoms with Crippen molar-refractivity contribution < 1.29 is 19.1 Å². The molecule has 0 bridgehead atoms. The molecule has 1 aromatic carbocycles. The molecule has 1 saturated heterocycles. The Balaban J connectivity index is 1.14. The van der Waals surface area contributed by atoms with Crippen molar-refractivity contribution in [1.29, 1.82) is 0 Å². The average Bonchev–Trinajstić information content (AvgIpc) is 3.24. The van der Waals surface area contributed by atoms with E-state index in [9.17, 15) is 14.4 Å². The third kappa shape index (κ3) is 4.93. The maximum absolute atomic E-state index is 12.4. The molecule has 2 aromatic heterocycles. The lowest BCUT2D eigenvalue weighted by atomic mass is 10.2. The average molecular weight is 497 g/mol. The molecule has 3 aromatic rings. The van der Waals surface area contributed by atoms with Crippen LogP contribution in [-0.4, -0.2) is 65.1 Å². The highest BCUT2D eigenvalue weighted by Crippen LogP contribution is 2.35. The topological polar surface area (TPSA) is 128 Å². The van der Waals surface area contributed by atoms with Crippen LogP contribution in [0.15, 0.2) is 46.2 Å². The molecule has 1 atom stereocenters. The lowest BCUT2D eigenvalue weighted by molar-refractivity contribution is -0.113. The molecule has 0 aliphatic carbocycles. The van der Waals surface area contributed by atoms with Crippen LogP contribution in [0, 0.1) is 0 Å². The minimum Gasteiger partial charge on any atom is -0.481 e. The first-order valence-corrected chi connectivity index (χ1v) is 12.2. The van der Waals surface area contributed by atoms with E-state index in [0.717, 1.165) is 4.90 Å². The van der Waals surface area contributed by atoms with E-state index in [2.05, 4.69) is 20.6 Å². The zero-order valence-electron chi connectivity index (χ0n) is 19.0. The normalized spacial score (nSPS) is 17.3. The summed E-state index contributed by atoms with van der Waals surface area (Å²) in [5.74, 6) is 0.759. The highest BCUT2D eigenvalue weighted by atomic mass is 32.2. The molecule has 0 saturated carbocycles. The van der Waals surface area contributed by atoms with Crippen molar-refractivity contribution in [2.75, 3.05) is 42.7 Å². The van der Waals surface area contributed by atoms with E-state index < -0.39 is 6.09 Å². The van der Waals surface area contributed by atoms with Crippen LogP contribution < -0.4 is 25.8 Å². The summed E-state index contributed by atoms with van der Waals surface area (Å²) < 4.78 is 12.3. The van der Waals surface area contributed by atoms with Crippen molar-refractivity contribution in [1.82, 2.24) is 19.9 Å².